The number of aliphatic hydroxyl groups is 2. The lowest BCUT2D eigenvalue weighted by molar-refractivity contribution is -0.170. The Morgan fingerprint density at radius 1 is 0.969 bits per heavy atom. The lowest BCUT2D eigenvalue weighted by Gasteiger charge is -2.47. The molecule has 5 atom stereocenters. The van der Waals surface area contributed by atoms with Crippen molar-refractivity contribution in [2.45, 2.75) is 102 Å². The maximum Gasteiger partial charge on any atom is 0.303 e. The summed E-state index contributed by atoms with van der Waals surface area (Å²) in [6.45, 7) is 13.7. The van der Waals surface area contributed by atoms with Gasteiger partial charge >= 0.3 is 11.9 Å². The Kier molecular flexibility index (Phi) is 10.2. The standard InChI is InChI=1S/C21H38ClNO8Si/c1-11(2)32(12(3)4,13(5)6)31-20-18(30-15(8)26)17(29-14(7)25)19(21(20,28)10-24)23-16(27)9-22/h11-13,17-20,24,28H,9-10H2,1-8H3,(H,23,27)/t17-,18-,19-,20+,21+/m1/s1. The quantitative estimate of drug-likeness (QED) is 0.238. The maximum absolute atomic E-state index is 12.1. The van der Waals surface area contributed by atoms with E-state index in [0.29, 0.717) is 0 Å². The molecule has 1 aliphatic carbocycles. The molecule has 0 bridgehead atoms. The van der Waals surface area contributed by atoms with Gasteiger partial charge in [-0.05, 0) is 16.6 Å². The van der Waals surface area contributed by atoms with Gasteiger partial charge in [0.15, 0.2) is 12.2 Å². The van der Waals surface area contributed by atoms with Crippen molar-refractivity contribution in [3.05, 3.63) is 0 Å². The third kappa shape index (κ3) is 5.64. The molecule has 3 N–H and O–H groups in total. The molecule has 1 amide bonds. The molecule has 0 saturated heterocycles. The average Bonchev–Trinajstić information content (AvgIpc) is 2.86. The van der Waals surface area contributed by atoms with Crippen LogP contribution in [-0.2, 0) is 28.3 Å². The third-order valence-electron chi connectivity index (χ3n) is 6.32. The number of carbonyl (C=O) groups excluding carboxylic acids is 3. The second-order valence-electron chi connectivity index (χ2n) is 9.33. The van der Waals surface area contributed by atoms with Gasteiger partial charge in [0, 0.05) is 13.8 Å². The van der Waals surface area contributed by atoms with Gasteiger partial charge in [-0.15, -0.1) is 11.6 Å². The molecule has 11 heteroatoms. The first kappa shape index (κ1) is 28.8. The van der Waals surface area contributed by atoms with E-state index >= 15 is 0 Å². The van der Waals surface area contributed by atoms with E-state index in [1.165, 1.54) is 6.92 Å². The minimum Gasteiger partial charge on any atom is -0.456 e. The molecule has 32 heavy (non-hydrogen) atoms. The number of hydrogen-bond donors (Lipinski definition) is 3. The van der Waals surface area contributed by atoms with Gasteiger partial charge in [0.1, 0.15) is 23.6 Å². The molecule has 0 radical (unpaired) electrons. The second kappa shape index (κ2) is 11.3. The van der Waals surface area contributed by atoms with Gasteiger partial charge in [-0.3, -0.25) is 14.4 Å². The molecule has 186 valence electrons. The van der Waals surface area contributed by atoms with Crippen LogP contribution in [0.2, 0.25) is 16.6 Å². The van der Waals surface area contributed by atoms with Crippen molar-refractivity contribution < 1.29 is 38.5 Å². The predicted molar refractivity (Wildman–Crippen MR) is 122 cm³/mol. The van der Waals surface area contributed by atoms with Gasteiger partial charge in [-0.25, -0.2) is 0 Å². The van der Waals surface area contributed by atoms with Crippen LogP contribution in [0.25, 0.3) is 0 Å². The molecule has 0 unspecified atom stereocenters. The summed E-state index contributed by atoms with van der Waals surface area (Å²) in [5, 5.41) is 24.5. The number of carbonyl (C=O) groups is 3. The van der Waals surface area contributed by atoms with Gasteiger partial charge in [0.25, 0.3) is 0 Å². The SMILES string of the molecule is CC(=O)O[C@@H]1[C@@H](OC(C)=O)[C@H](O[Si](C(C)C)(C(C)C)C(C)C)[C@](O)(CO)[C@@H]1NC(=O)CCl. The van der Waals surface area contributed by atoms with Crippen molar-refractivity contribution >= 4 is 37.8 Å². The number of hydrogen-bond acceptors (Lipinski definition) is 8. The Labute approximate surface area is 196 Å². The summed E-state index contributed by atoms with van der Waals surface area (Å²) in [6, 6.07) is -1.31. The smallest absolute Gasteiger partial charge is 0.303 e. The van der Waals surface area contributed by atoms with Gasteiger partial charge in [-0.1, -0.05) is 41.5 Å². The van der Waals surface area contributed by atoms with E-state index in [2.05, 4.69) is 5.32 Å². The van der Waals surface area contributed by atoms with Crippen molar-refractivity contribution in [2.24, 2.45) is 0 Å². The number of alkyl halides is 1. The van der Waals surface area contributed by atoms with Crippen LogP contribution in [0.4, 0.5) is 0 Å². The van der Waals surface area contributed by atoms with Crippen molar-refractivity contribution in [3.63, 3.8) is 0 Å². The minimum atomic E-state index is -2.68. The summed E-state index contributed by atoms with van der Waals surface area (Å²) in [4.78, 5) is 36.0. The van der Waals surface area contributed by atoms with E-state index in [4.69, 9.17) is 25.5 Å². The molecule has 0 aromatic carbocycles. The van der Waals surface area contributed by atoms with Crippen LogP contribution in [0.1, 0.15) is 55.4 Å². The highest BCUT2D eigenvalue weighted by atomic mass is 35.5. The highest BCUT2D eigenvalue weighted by molar-refractivity contribution is 6.77. The highest BCUT2D eigenvalue weighted by Gasteiger charge is 2.66. The number of nitrogens with one attached hydrogen (secondary N) is 1. The van der Waals surface area contributed by atoms with Gasteiger partial charge in [0.05, 0.1) is 6.61 Å². The summed E-state index contributed by atoms with van der Waals surface area (Å²) >= 11 is 5.63. The van der Waals surface area contributed by atoms with Crippen LogP contribution in [-0.4, -0.2) is 78.8 Å². The Morgan fingerprint density at radius 2 is 1.41 bits per heavy atom. The van der Waals surface area contributed by atoms with Crippen LogP contribution >= 0.6 is 11.6 Å². The van der Waals surface area contributed by atoms with E-state index in [1.54, 1.807) is 0 Å². The Bertz CT molecular complexity index is 667. The van der Waals surface area contributed by atoms with Crippen molar-refractivity contribution in [1.29, 1.82) is 0 Å². The Balaban J connectivity index is 3.72. The summed E-state index contributed by atoms with van der Waals surface area (Å²) in [7, 11) is -2.68. The molecular weight excluding hydrogens is 458 g/mol. The molecule has 0 spiro atoms. The molecule has 0 heterocycles. The Morgan fingerprint density at radius 3 is 1.75 bits per heavy atom. The topological polar surface area (TPSA) is 131 Å². The van der Waals surface area contributed by atoms with Gasteiger partial charge in [0.2, 0.25) is 14.2 Å². The maximum atomic E-state index is 12.1. The normalized spacial score (nSPS) is 28.3. The molecule has 1 saturated carbocycles. The predicted octanol–water partition coefficient (Wildman–Crippen LogP) is 1.87. The van der Waals surface area contributed by atoms with E-state index in [1.807, 2.05) is 41.5 Å². The fraction of sp³-hybridized carbons (Fsp3) is 0.857. The summed E-state index contributed by atoms with van der Waals surface area (Å²) < 4.78 is 17.6. The van der Waals surface area contributed by atoms with E-state index in [-0.39, 0.29) is 16.6 Å². The lowest BCUT2D eigenvalue weighted by Crippen LogP contribution is -2.63. The summed E-state index contributed by atoms with van der Waals surface area (Å²) in [6.07, 6.45) is -3.79. The zero-order valence-electron chi connectivity index (χ0n) is 20.2. The number of aliphatic hydroxyl groups excluding tert-OH is 1. The molecule has 0 aliphatic heterocycles. The zero-order chi connectivity index (χ0) is 25.0. The first-order valence-corrected chi connectivity index (χ1v) is 13.6. The highest BCUT2D eigenvalue weighted by Crippen LogP contribution is 2.47. The van der Waals surface area contributed by atoms with Gasteiger partial charge in [-0.2, -0.15) is 0 Å². The average molecular weight is 496 g/mol. The van der Waals surface area contributed by atoms with E-state index in [9.17, 15) is 24.6 Å². The minimum absolute atomic E-state index is 0.104. The fourth-order valence-electron chi connectivity index (χ4n) is 5.16. The molecule has 1 fully saturated rings. The van der Waals surface area contributed by atoms with Crippen LogP contribution < -0.4 is 5.32 Å². The van der Waals surface area contributed by atoms with Crippen LogP contribution in [0.3, 0.4) is 0 Å². The monoisotopic (exact) mass is 495 g/mol. The van der Waals surface area contributed by atoms with Gasteiger partial charge < -0.3 is 29.4 Å². The molecule has 9 nitrogen and oxygen atoms in total. The number of ether oxygens (including phenoxy) is 2. The third-order valence-corrected chi connectivity index (χ3v) is 12.6. The molecule has 0 aromatic rings. The lowest BCUT2D eigenvalue weighted by atomic mass is 9.96. The molecule has 1 rings (SSSR count). The van der Waals surface area contributed by atoms with Crippen molar-refractivity contribution in [3.8, 4) is 0 Å². The van der Waals surface area contributed by atoms with Crippen LogP contribution in [0.5, 0.6) is 0 Å². The number of esters is 2. The first-order chi connectivity index (χ1) is 14.7. The van der Waals surface area contributed by atoms with E-state index < -0.39 is 68.6 Å². The molecule has 1 aliphatic rings. The number of amides is 1. The molecular formula is C21H38ClNO8Si. The fourth-order valence-corrected chi connectivity index (χ4v) is 10.8. The Hall–Kier alpha value is -1.20. The van der Waals surface area contributed by atoms with E-state index in [0.717, 1.165) is 6.92 Å². The van der Waals surface area contributed by atoms with Crippen molar-refractivity contribution in [2.75, 3.05) is 12.5 Å². The number of halogens is 1. The zero-order valence-corrected chi connectivity index (χ0v) is 21.9. The first-order valence-electron chi connectivity index (χ1n) is 10.9. The summed E-state index contributed by atoms with van der Waals surface area (Å²) in [5.41, 5.74) is -1.79. The second-order valence-corrected chi connectivity index (χ2v) is 15.0. The molecule has 0 aromatic heterocycles. The van der Waals surface area contributed by atoms with Crippen molar-refractivity contribution in [1.82, 2.24) is 5.32 Å². The largest absolute Gasteiger partial charge is 0.456 e. The number of rotatable bonds is 10. The van der Waals surface area contributed by atoms with Crippen LogP contribution in [0.15, 0.2) is 0 Å². The van der Waals surface area contributed by atoms with Crippen LogP contribution in [0, 0.1) is 0 Å². The summed E-state index contributed by atoms with van der Waals surface area (Å²) in [5.74, 6) is -2.46.